The van der Waals surface area contributed by atoms with E-state index in [1.165, 1.54) is 27.0 Å². The summed E-state index contributed by atoms with van der Waals surface area (Å²) in [6, 6.07) is 9.14. The molecule has 0 saturated carbocycles. The van der Waals surface area contributed by atoms with Crippen LogP contribution >= 0.6 is 22.7 Å². The number of benzene rings is 1. The number of amides is 1. The molecule has 35 heavy (non-hydrogen) atoms. The Morgan fingerprint density at radius 1 is 1.26 bits per heavy atom. The molecule has 0 bridgehead atoms. The van der Waals surface area contributed by atoms with Gasteiger partial charge >= 0.3 is 0 Å². The monoisotopic (exact) mass is 535 g/mol. The Bertz CT molecular complexity index is 1270. The molecule has 11 heteroatoms. The smallest absolute Gasteiger partial charge is 0.252 e. The molecule has 0 radical (unpaired) electrons. The summed E-state index contributed by atoms with van der Waals surface area (Å²) in [6.07, 6.45) is 3.10. The molecule has 2 aromatic heterocycles. The van der Waals surface area contributed by atoms with Gasteiger partial charge in [-0.2, -0.15) is 4.31 Å². The molecule has 0 aliphatic carbocycles. The number of carbonyl (C=O) groups is 1. The largest absolute Gasteiger partial charge is 0.492 e. The number of thiophene rings is 1. The van der Waals surface area contributed by atoms with E-state index in [0.717, 1.165) is 23.1 Å². The molecular weight excluding hydrogens is 506 g/mol. The molecule has 5 rings (SSSR count). The molecular formula is C24H29N3O5S3. The van der Waals surface area contributed by atoms with Crippen LogP contribution in [0.15, 0.2) is 39.9 Å². The van der Waals surface area contributed by atoms with Crippen LogP contribution in [-0.2, 0) is 19.6 Å². The van der Waals surface area contributed by atoms with Crippen LogP contribution in [0.3, 0.4) is 0 Å². The highest BCUT2D eigenvalue weighted by Crippen LogP contribution is 2.36. The molecule has 0 spiro atoms. The van der Waals surface area contributed by atoms with Crippen molar-refractivity contribution < 1.29 is 22.7 Å². The number of sulfonamides is 1. The number of carbonyl (C=O) groups excluding carboxylic acids is 1. The van der Waals surface area contributed by atoms with Gasteiger partial charge in [0.2, 0.25) is 5.91 Å². The second kappa shape index (κ2) is 10.5. The lowest BCUT2D eigenvalue weighted by atomic mass is 9.98. The number of ether oxygens (including phenoxy) is 2. The minimum Gasteiger partial charge on any atom is -0.492 e. The van der Waals surface area contributed by atoms with Crippen molar-refractivity contribution in [2.45, 2.75) is 42.9 Å². The summed E-state index contributed by atoms with van der Waals surface area (Å²) in [5.74, 6) is 0.171. The van der Waals surface area contributed by atoms with Crippen LogP contribution in [0.25, 0.3) is 10.2 Å². The summed E-state index contributed by atoms with van der Waals surface area (Å²) in [4.78, 5) is 20.5. The number of nitrogens with zero attached hydrogens (tertiary/aromatic N) is 3. The average molecular weight is 536 g/mol. The Morgan fingerprint density at radius 3 is 2.89 bits per heavy atom. The Kier molecular flexibility index (Phi) is 7.40. The minimum absolute atomic E-state index is 0.0492. The molecule has 3 aromatic rings. The van der Waals surface area contributed by atoms with Gasteiger partial charge in [-0.25, -0.2) is 13.4 Å². The number of anilines is 1. The van der Waals surface area contributed by atoms with E-state index in [1.807, 2.05) is 25.1 Å². The SMILES string of the molecule is CCOc1cccc2sc(N(CC3CCCO3)C(=O)C3CCCN(S(=O)(=O)c4cccs4)C3)nc12. The molecule has 1 amide bonds. The fraction of sp³-hybridized carbons (Fsp3) is 0.500. The van der Waals surface area contributed by atoms with E-state index < -0.39 is 15.9 Å². The predicted molar refractivity (Wildman–Crippen MR) is 138 cm³/mol. The summed E-state index contributed by atoms with van der Waals surface area (Å²) >= 11 is 2.66. The van der Waals surface area contributed by atoms with Crippen molar-refractivity contribution in [3.05, 3.63) is 35.7 Å². The number of aromatic nitrogens is 1. The standard InChI is InChI=1S/C24H29N3O5S3/c1-2-31-19-9-3-10-20-22(19)25-24(34-20)27(16-18-8-5-13-32-18)23(28)17-7-4-12-26(15-17)35(29,30)21-11-6-14-33-21/h3,6,9-11,14,17-18H,2,4-5,7-8,12-13,15-16H2,1H3. The van der Waals surface area contributed by atoms with Crippen LogP contribution in [-0.4, -0.2) is 62.6 Å². The molecule has 2 aliphatic rings. The molecule has 2 saturated heterocycles. The Balaban J connectivity index is 1.43. The molecule has 2 fully saturated rings. The van der Waals surface area contributed by atoms with Crippen molar-refractivity contribution >= 4 is 54.0 Å². The maximum Gasteiger partial charge on any atom is 0.252 e. The third-order valence-electron chi connectivity index (χ3n) is 6.40. The van der Waals surface area contributed by atoms with E-state index in [9.17, 15) is 13.2 Å². The minimum atomic E-state index is -3.60. The van der Waals surface area contributed by atoms with Crippen LogP contribution in [0.5, 0.6) is 5.75 Å². The first-order valence-electron chi connectivity index (χ1n) is 12.0. The molecule has 8 nitrogen and oxygen atoms in total. The third kappa shape index (κ3) is 5.10. The van der Waals surface area contributed by atoms with E-state index in [1.54, 1.807) is 22.4 Å². The highest BCUT2D eigenvalue weighted by atomic mass is 32.2. The lowest BCUT2D eigenvalue weighted by Gasteiger charge is -2.34. The zero-order valence-electron chi connectivity index (χ0n) is 19.6. The summed E-state index contributed by atoms with van der Waals surface area (Å²) in [5.41, 5.74) is 0.741. The number of thiazole rings is 1. The first-order valence-corrected chi connectivity index (χ1v) is 15.1. The summed E-state index contributed by atoms with van der Waals surface area (Å²) in [6.45, 7) is 4.17. The fourth-order valence-electron chi connectivity index (χ4n) is 4.67. The number of para-hydroxylation sites is 1. The number of rotatable bonds is 8. The van der Waals surface area contributed by atoms with Gasteiger partial charge in [0.15, 0.2) is 5.13 Å². The van der Waals surface area contributed by atoms with E-state index in [0.29, 0.717) is 54.2 Å². The molecule has 2 aliphatic heterocycles. The predicted octanol–water partition coefficient (Wildman–Crippen LogP) is 4.37. The number of hydrogen-bond donors (Lipinski definition) is 0. The highest BCUT2D eigenvalue weighted by Gasteiger charge is 2.37. The Morgan fingerprint density at radius 2 is 2.14 bits per heavy atom. The normalized spacial score (nSPS) is 21.4. The van der Waals surface area contributed by atoms with Gasteiger partial charge in [0.1, 0.15) is 15.5 Å². The van der Waals surface area contributed by atoms with Crippen molar-refractivity contribution in [3.8, 4) is 5.75 Å². The van der Waals surface area contributed by atoms with Gasteiger partial charge in [-0.3, -0.25) is 9.69 Å². The number of hydrogen-bond acceptors (Lipinski definition) is 8. The van der Waals surface area contributed by atoms with Crippen molar-refractivity contribution in [1.82, 2.24) is 9.29 Å². The van der Waals surface area contributed by atoms with Gasteiger partial charge in [0.05, 0.1) is 29.9 Å². The second-order valence-electron chi connectivity index (χ2n) is 8.75. The van der Waals surface area contributed by atoms with Gasteiger partial charge in [-0.15, -0.1) is 11.3 Å². The topological polar surface area (TPSA) is 89.0 Å². The Hall–Kier alpha value is -2.05. The summed E-state index contributed by atoms with van der Waals surface area (Å²) in [5, 5.41) is 2.36. The third-order valence-corrected chi connectivity index (χ3v) is 10.7. The van der Waals surface area contributed by atoms with Crippen molar-refractivity contribution in [2.24, 2.45) is 5.92 Å². The lowest BCUT2D eigenvalue weighted by Crippen LogP contribution is -2.48. The second-order valence-corrected chi connectivity index (χ2v) is 12.9. The summed E-state index contributed by atoms with van der Waals surface area (Å²) < 4.78 is 40.6. The van der Waals surface area contributed by atoms with E-state index in [2.05, 4.69) is 0 Å². The molecule has 4 heterocycles. The van der Waals surface area contributed by atoms with Gasteiger partial charge in [-0.05, 0) is 56.2 Å². The molecule has 2 atom stereocenters. The zero-order valence-corrected chi connectivity index (χ0v) is 22.0. The van der Waals surface area contributed by atoms with Crippen LogP contribution in [0.4, 0.5) is 5.13 Å². The molecule has 1 aromatic carbocycles. The van der Waals surface area contributed by atoms with E-state index in [-0.39, 0.29) is 18.6 Å². The van der Waals surface area contributed by atoms with E-state index >= 15 is 0 Å². The zero-order chi connectivity index (χ0) is 24.4. The van der Waals surface area contributed by atoms with Gasteiger partial charge < -0.3 is 9.47 Å². The van der Waals surface area contributed by atoms with Crippen molar-refractivity contribution in [3.63, 3.8) is 0 Å². The quantitative estimate of drug-likeness (QED) is 0.426. The van der Waals surface area contributed by atoms with Crippen molar-refractivity contribution in [2.75, 3.05) is 37.7 Å². The maximum absolute atomic E-state index is 13.9. The average Bonchev–Trinajstić information content (AvgIpc) is 3.64. The van der Waals surface area contributed by atoms with Crippen LogP contribution < -0.4 is 9.64 Å². The highest BCUT2D eigenvalue weighted by molar-refractivity contribution is 7.91. The van der Waals surface area contributed by atoms with Gasteiger partial charge in [0.25, 0.3) is 10.0 Å². The first kappa shape index (κ1) is 24.6. The van der Waals surface area contributed by atoms with Crippen molar-refractivity contribution in [1.29, 1.82) is 0 Å². The van der Waals surface area contributed by atoms with Crippen LogP contribution in [0, 0.1) is 5.92 Å². The first-order chi connectivity index (χ1) is 17.0. The molecule has 188 valence electrons. The van der Waals surface area contributed by atoms with Gasteiger partial charge in [-0.1, -0.05) is 23.5 Å². The fourth-order valence-corrected chi connectivity index (χ4v) is 8.34. The molecule has 2 unspecified atom stereocenters. The summed E-state index contributed by atoms with van der Waals surface area (Å²) in [7, 11) is -3.60. The lowest BCUT2D eigenvalue weighted by molar-refractivity contribution is -0.123. The van der Waals surface area contributed by atoms with Crippen LogP contribution in [0.1, 0.15) is 32.6 Å². The van der Waals surface area contributed by atoms with Gasteiger partial charge in [0, 0.05) is 19.7 Å². The Labute approximate surface area is 213 Å². The van der Waals surface area contributed by atoms with E-state index in [4.69, 9.17) is 14.5 Å². The number of piperidine rings is 1. The number of fused-ring (bicyclic) bond motifs is 1. The van der Waals surface area contributed by atoms with Crippen LogP contribution in [0.2, 0.25) is 0 Å². The maximum atomic E-state index is 13.9. The molecule has 0 N–H and O–H groups in total.